The van der Waals surface area contributed by atoms with Crippen LogP contribution in [-0.4, -0.2) is 17.0 Å². The molecule has 0 saturated carbocycles. The highest BCUT2D eigenvalue weighted by atomic mass is 19.1. The predicted molar refractivity (Wildman–Crippen MR) is 93.9 cm³/mol. The first-order valence-electron chi connectivity index (χ1n) is 8.85. The number of halogens is 1. The molecule has 1 aliphatic carbocycles. The first-order valence-corrected chi connectivity index (χ1v) is 8.85. The van der Waals surface area contributed by atoms with Crippen molar-refractivity contribution in [3.63, 3.8) is 0 Å². The molecule has 0 fully saturated rings. The summed E-state index contributed by atoms with van der Waals surface area (Å²) in [5.74, 6) is -0.248. The number of aromatic nitrogens is 1. The van der Waals surface area contributed by atoms with Gasteiger partial charge in [-0.05, 0) is 67.9 Å². The fourth-order valence-corrected chi connectivity index (χ4v) is 3.68. The smallest absolute Gasteiger partial charge is 0.268 e. The lowest BCUT2D eigenvalue weighted by molar-refractivity contribution is 0.0944. The summed E-state index contributed by atoms with van der Waals surface area (Å²) in [4.78, 5) is 12.7. The van der Waals surface area contributed by atoms with Crippen LogP contribution in [0, 0.1) is 12.7 Å². The molecule has 1 aromatic heterocycles. The molecule has 0 saturated heterocycles. The van der Waals surface area contributed by atoms with Gasteiger partial charge in [0.2, 0.25) is 0 Å². The monoisotopic (exact) mass is 328 g/mol. The number of benzene rings is 1. The first kappa shape index (κ1) is 16.7. The zero-order valence-electron chi connectivity index (χ0n) is 14.5. The van der Waals surface area contributed by atoms with Crippen LogP contribution in [0.1, 0.15) is 59.1 Å². The number of nitrogens with one attached hydrogen (secondary N) is 1. The normalized spacial score (nSPS) is 13.6. The van der Waals surface area contributed by atoms with Gasteiger partial charge in [-0.2, -0.15) is 0 Å². The Morgan fingerprint density at radius 2 is 2.08 bits per heavy atom. The van der Waals surface area contributed by atoms with Crippen molar-refractivity contribution in [2.75, 3.05) is 6.54 Å². The van der Waals surface area contributed by atoms with Gasteiger partial charge >= 0.3 is 0 Å². The molecule has 1 N–H and O–H groups in total. The zero-order chi connectivity index (χ0) is 17.1. The van der Waals surface area contributed by atoms with E-state index in [0.29, 0.717) is 13.1 Å². The number of carbonyl (C=O) groups excluding carboxylic acids is 1. The van der Waals surface area contributed by atoms with Gasteiger partial charge in [0, 0.05) is 18.8 Å². The number of carbonyl (C=O) groups is 1. The number of fused-ring (bicyclic) bond motifs is 1. The van der Waals surface area contributed by atoms with Crippen LogP contribution in [0.3, 0.4) is 0 Å². The van der Waals surface area contributed by atoms with E-state index in [0.717, 1.165) is 42.5 Å². The number of hydrogen-bond donors (Lipinski definition) is 1. The summed E-state index contributed by atoms with van der Waals surface area (Å²) in [6.07, 6.45) is 5.26. The zero-order valence-corrected chi connectivity index (χ0v) is 14.5. The third-order valence-corrected chi connectivity index (χ3v) is 4.82. The molecule has 0 atom stereocenters. The van der Waals surface area contributed by atoms with Gasteiger partial charge in [0.05, 0.1) is 0 Å². The highest BCUT2D eigenvalue weighted by Gasteiger charge is 2.26. The first-order chi connectivity index (χ1) is 11.6. The lowest BCUT2D eigenvalue weighted by atomic mass is 9.95. The van der Waals surface area contributed by atoms with Gasteiger partial charge in [-0.1, -0.05) is 19.1 Å². The Bertz CT molecular complexity index is 748. The maximum absolute atomic E-state index is 13.6. The van der Waals surface area contributed by atoms with Crippen molar-refractivity contribution in [2.45, 2.75) is 52.5 Å². The van der Waals surface area contributed by atoms with Crippen molar-refractivity contribution in [1.29, 1.82) is 0 Å². The fraction of sp³-hybridized carbons (Fsp3) is 0.450. The summed E-state index contributed by atoms with van der Waals surface area (Å²) < 4.78 is 15.7. The van der Waals surface area contributed by atoms with Crippen molar-refractivity contribution < 1.29 is 9.18 Å². The van der Waals surface area contributed by atoms with Crippen molar-refractivity contribution in [3.05, 3.63) is 58.2 Å². The summed E-state index contributed by atoms with van der Waals surface area (Å²) in [6.45, 7) is 5.31. The number of hydrogen-bond acceptors (Lipinski definition) is 1. The molecule has 24 heavy (non-hydrogen) atoms. The minimum atomic E-state index is -0.234. The van der Waals surface area contributed by atoms with E-state index in [-0.39, 0.29) is 11.7 Å². The summed E-state index contributed by atoms with van der Waals surface area (Å²) in [7, 11) is 0. The van der Waals surface area contributed by atoms with Gasteiger partial charge in [0.15, 0.2) is 0 Å². The Morgan fingerprint density at radius 1 is 1.29 bits per heavy atom. The van der Waals surface area contributed by atoms with Crippen LogP contribution in [0.2, 0.25) is 0 Å². The number of nitrogens with zero attached hydrogens (tertiary/aromatic N) is 1. The average Bonchev–Trinajstić information content (AvgIpc) is 2.86. The Hall–Kier alpha value is -2.10. The molecule has 1 heterocycles. The second kappa shape index (κ2) is 7.20. The van der Waals surface area contributed by atoms with Crippen LogP contribution in [0.25, 0.3) is 0 Å². The van der Waals surface area contributed by atoms with Crippen LogP contribution < -0.4 is 5.32 Å². The molecule has 128 valence electrons. The minimum Gasteiger partial charge on any atom is -0.351 e. The highest BCUT2D eigenvalue weighted by Crippen LogP contribution is 2.30. The van der Waals surface area contributed by atoms with Crippen molar-refractivity contribution in [1.82, 2.24) is 9.88 Å². The third-order valence-electron chi connectivity index (χ3n) is 4.82. The molecule has 0 unspecified atom stereocenters. The van der Waals surface area contributed by atoms with E-state index in [1.165, 1.54) is 23.7 Å². The Balaban J connectivity index is 2.03. The predicted octanol–water partition coefficient (Wildman–Crippen LogP) is 4.00. The average molecular weight is 328 g/mol. The molecule has 2 aromatic rings. The molecular weight excluding hydrogens is 303 g/mol. The molecule has 3 rings (SSSR count). The Kier molecular flexibility index (Phi) is 5.03. The molecular formula is C20H25FN2O. The number of amides is 1. The maximum atomic E-state index is 13.6. The van der Waals surface area contributed by atoms with Crippen LogP contribution in [0.5, 0.6) is 0 Å². The van der Waals surface area contributed by atoms with Crippen LogP contribution in [-0.2, 0) is 19.4 Å². The van der Waals surface area contributed by atoms with Gasteiger partial charge in [0.1, 0.15) is 11.5 Å². The van der Waals surface area contributed by atoms with Crippen LogP contribution in [0.4, 0.5) is 4.39 Å². The number of rotatable bonds is 5. The van der Waals surface area contributed by atoms with E-state index in [1.54, 1.807) is 12.1 Å². The summed E-state index contributed by atoms with van der Waals surface area (Å²) >= 11 is 0. The SMILES string of the molecule is CCCNC(=O)c1c(C)c2c(n1Cc1cccc(F)c1)CCCC2. The largest absolute Gasteiger partial charge is 0.351 e. The molecule has 0 spiro atoms. The molecule has 1 aromatic carbocycles. The summed E-state index contributed by atoms with van der Waals surface area (Å²) in [5.41, 5.74) is 5.31. The highest BCUT2D eigenvalue weighted by molar-refractivity contribution is 5.95. The van der Waals surface area contributed by atoms with Crippen molar-refractivity contribution >= 4 is 5.91 Å². The quantitative estimate of drug-likeness (QED) is 0.884. The maximum Gasteiger partial charge on any atom is 0.268 e. The second-order valence-corrected chi connectivity index (χ2v) is 6.58. The molecule has 4 heteroatoms. The molecule has 0 bridgehead atoms. The van der Waals surface area contributed by atoms with Gasteiger partial charge < -0.3 is 9.88 Å². The Labute approximate surface area is 142 Å². The molecule has 1 amide bonds. The molecule has 1 aliphatic rings. The summed E-state index contributed by atoms with van der Waals surface area (Å²) in [5, 5.41) is 3.00. The lowest BCUT2D eigenvalue weighted by Gasteiger charge is -2.17. The van der Waals surface area contributed by atoms with Crippen LogP contribution in [0.15, 0.2) is 24.3 Å². The fourth-order valence-electron chi connectivity index (χ4n) is 3.68. The standard InChI is InChI=1S/C20H25FN2O/c1-3-11-22-20(24)19-14(2)17-9-4-5-10-18(17)23(19)13-15-7-6-8-16(21)12-15/h6-8,12H,3-5,9-11,13H2,1-2H3,(H,22,24). The molecule has 0 aliphatic heterocycles. The van der Waals surface area contributed by atoms with Crippen molar-refractivity contribution in [2.24, 2.45) is 0 Å². The van der Waals surface area contributed by atoms with E-state index in [9.17, 15) is 9.18 Å². The van der Waals surface area contributed by atoms with Gasteiger partial charge in [-0.15, -0.1) is 0 Å². The van der Waals surface area contributed by atoms with Crippen LogP contribution >= 0.6 is 0 Å². The van der Waals surface area contributed by atoms with E-state index >= 15 is 0 Å². The molecule has 3 nitrogen and oxygen atoms in total. The minimum absolute atomic E-state index is 0.0137. The van der Waals surface area contributed by atoms with E-state index in [4.69, 9.17) is 0 Å². The molecule has 0 radical (unpaired) electrons. The summed E-state index contributed by atoms with van der Waals surface area (Å²) in [6, 6.07) is 6.65. The van der Waals surface area contributed by atoms with Gasteiger partial charge in [-0.25, -0.2) is 4.39 Å². The third kappa shape index (κ3) is 3.23. The Morgan fingerprint density at radius 3 is 2.83 bits per heavy atom. The lowest BCUT2D eigenvalue weighted by Crippen LogP contribution is -2.28. The van der Waals surface area contributed by atoms with Gasteiger partial charge in [0.25, 0.3) is 5.91 Å². The van der Waals surface area contributed by atoms with Crippen molar-refractivity contribution in [3.8, 4) is 0 Å². The van der Waals surface area contributed by atoms with E-state index in [2.05, 4.69) is 9.88 Å². The van der Waals surface area contributed by atoms with E-state index in [1.807, 2.05) is 19.9 Å². The van der Waals surface area contributed by atoms with E-state index < -0.39 is 0 Å². The topological polar surface area (TPSA) is 34.0 Å². The van der Waals surface area contributed by atoms with Gasteiger partial charge in [-0.3, -0.25) is 4.79 Å². The second-order valence-electron chi connectivity index (χ2n) is 6.58.